The van der Waals surface area contributed by atoms with Gasteiger partial charge in [0.2, 0.25) is 0 Å². The van der Waals surface area contributed by atoms with E-state index in [2.05, 4.69) is 27.1 Å². The van der Waals surface area contributed by atoms with Crippen LogP contribution in [-0.4, -0.2) is 47.3 Å². The van der Waals surface area contributed by atoms with Crippen LogP contribution in [0.1, 0.15) is 39.0 Å². The molecule has 1 aliphatic rings. The molecule has 2 aromatic rings. The van der Waals surface area contributed by atoms with Gasteiger partial charge in [-0.3, -0.25) is 4.98 Å². The van der Waals surface area contributed by atoms with Crippen molar-refractivity contribution in [2.45, 2.75) is 39.0 Å². The first-order valence-electron chi connectivity index (χ1n) is 10.1. The first kappa shape index (κ1) is 20.0. The van der Waals surface area contributed by atoms with Gasteiger partial charge >= 0.3 is 6.09 Å². The van der Waals surface area contributed by atoms with E-state index in [-0.39, 0.29) is 6.09 Å². The summed E-state index contributed by atoms with van der Waals surface area (Å²) in [7, 11) is 0. The third-order valence-corrected chi connectivity index (χ3v) is 5.05. The van der Waals surface area contributed by atoms with E-state index >= 15 is 0 Å². The SMILES string of the molecule is CCCCOC(=O)NCCC1CCN(c2ccnc(-c3cccnc3)n2)CC1. The maximum absolute atomic E-state index is 11.6. The number of amides is 1. The number of anilines is 1. The second kappa shape index (κ2) is 10.6. The fourth-order valence-corrected chi connectivity index (χ4v) is 3.35. The quantitative estimate of drug-likeness (QED) is 0.701. The lowest BCUT2D eigenvalue weighted by Gasteiger charge is -2.32. The molecule has 7 heteroatoms. The van der Waals surface area contributed by atoms with Crippen molar-refractivity contribution in [1.82, 2.24) is 20.3 Å². The van der Waals surface area contributed by atoms with Crippen LogP contribution in [0, 0.1) is 5.92 Å². The fourth-order valence-electron chi connectivity index (χ4n) is 3.35. The van der Waals surface area contributed by atoms with E-state index < -0.39 is 0 Å². The lowest BCUT2D eigenvalue weighted by Crippen LogP contribution is -2.36. The van der Waals surface area contributed by atoms with Gasteiger partial charge in [-0.05, 0) is 49.8 Å². The molecule has 0 saturated carbocycles. The second-order valence-corrected chi connectivity index (χ2v) is 7.12. The Morgan fingerprint density at radius 3 is 2.89 bits per heavy atom. The Morgan fingerprint density at radius 1 is 1.29 bits per heavy atom. The second-order valence-electron chi connectivity index (χ2n) is 7.12. The molecule has 0 radical (unpaired) electrons. The van der Waals surface area contributed by atoms with Crippen LogP contribution in [0.5, 0.6) is 0 Å². The van der Waals surface area contributed by atoms with Crippen molar-refractivity contribution in [2.75, 3.05) is 31.1 Å². The summed E-state index contributed by atoms with van der Waals surface area (Å²) in [5, 5.41) is 2.86. The number of hydrogen-bond donors (Lipinski definition) is 1. The van der Waals surface area contributed by atoms with Crippen molar-refractivity contribution in [2.24, 2.45) is 5.92 Å². The molecule has 1 amide bonds. The Morgan fingerprint density at radius 2 is 2.14 bits per heavy atom. The molecule has 0 spiro atoms. The van der Waals surface area contributed by atoms with Crippen LogP contribution in [0.15, 0.2) is 36.8 Å². The summed E-state index contributed by atoms with van der Waals surface area (Å²) >= 11 is 0. The molecule has 3 rings (SSSR count). The van der Waals surface area contributed by atoms with E-state index in [1.54, 1.807) is 12.4 Å². The summed E-state index contributed by atoms with van der Waals surface area (Å²) in [5.74, 6) is 2.29. The molecular formula is C21H29N5O2. The minimum absolute atomic E-state index is 0.296. The van der Waals surface area contributed by atoms with Crippen molar-refractivity contribution in [1.29, 1.82) is 0 Å². The highest BCUT2D eigenvalue weighted by molar-refractivity contribution is 5.67. The summed E-state index contributed by atoms with van der Waals surface area (Å²) in [6, 6.07) is 5.83. The normalized spacial score (nSPS) is 14.7. The van der Waals surface area contributed by atoms with Gasteiger partial charge in [0.25, 0.3) is 0 Å². The van der Waals surface area contributed by atoms with Gasteiger partial charge in [0.05, 0.1) is 6.61 Å². The van der Waals surface area contributed by atoms with Crippen LogP contribution in [0.4, 0.5) is 10.6 Å². The molecule has 0 bridgehead atoms. The van der Waals surface area contributed by atoms with Gasteiger partial charge in [-0.15, -0.1) is 0 Å². The smallest absolute Gasteiger partial charge is 0.407 e. The van der Waals surface area contributed by atoms with E-state index in [1.165, 1.54) is 0 Å². The Hall–Kier alpha value is -2.70. The number of nitrogens with one attached hydrogen (secondary N) is 1. The monoisotopic (exact) mass is 383 g/mol. The number of hydrogen-bond acceptors (Lipinski definition) is 6. The largest absolute Gasteiger partial charge is 0.450 e. The number of ether oxygens (including phenoxy) is 1. The predicted octanol–water partition coefficient (Wildman–Crippen LogP) is 3.67. The topological polar surface area (TPSA) is 80.2 Å². The number of unbranched alkanes of at least 4 members (excludes halogenated alkanes) is 1. The van der Waals surface area contributed by atoms with Gasteiger partial charge in [0.15, 0.2) is 5.82 Å². The predicted molar refractivity (Wildman–Crippen MR) is 109 cm³/mol. The molecule has 3 heterocycles. The number of pyridine rings is 1. The number of carbonyl (C=O) groups excluding carboxylic acids is 1. The van der Waals surface area contributed by atoms with E-state index in [4.69, 9.17) is 9.72 Å². The molecule has 28 heavy (non-hydrogen) atoms. The Kier molecular flexibility index (Phi) is 7.58. The first-order chi connectivity index (χ1) is 13.8. The Bertz CT molecular complexity index is 733. The number of piperidine rings is 1. The molecule has 150 valence electrons. The van der Waals surface area contributed by atoms with Gasteiger partial charge in [-0.2, -0.15) is 0 Å². The molecule has 0 aliphatic carbocycles. The molecule has 1 saturated heterocycles. The van der Waals surface area contributed by atoms with Gasteiger partial charge in [0.1, 0.15) is 5.82 Å². The highest BCUT2D eigenvalue weighted by Gasteiger charge is 2.20. The van der Waals surface area contributed by atoms with Crippen molar-refractivity contribution >= 4 is 11.9 Å². The number of alkyl carbamates (subject to hydrolysis) is 1. The van der Waals surface area contributed by atoms with Crippen molar-refractivity contribution in [3.8, 4) is 11.4 Å². The van der Waals surface area contributed by atoms with E-state index in [9.17, 15) is 4.79 Å². The van der Waals surface area contributed by atoms with Crippen molar-refractivity contribution in [3.63, 3.8) is 0 Å². The summed E-state index contributed by atoms with van der Waals surface area (Å²) in [6.45, 7) is 5.19. The van der Waals surface area contributed by atoms with Crippen LogP contribution in [0.3, 0.4) is 0 Å². The average Bonchev–Trinajstić information content (AvgIpc) is 2.75. The van der Waals surface area contributed by atoms with E-state index in [0.717, 1.165) is 56.6 Å². The molecule has 2 aromatic heterocycles. The molecule has 1 fully saturated rings. The van der Waals surface area contributed by atoms with Crippen LogP contribution >= 0.6 is 0 Å². The maximum Gasteiger partial charge on any atom is 0.407 e. The molecule has 0 unspecified atom stereocenters. The van der Waals surface area contributed by atoms with E-state index in [1.807, 2.05) is 24.4 Å². The zero-order chi connectivity index (χ0) is 19.6. The highest BCUT2D eigenvalue weighted by atomic mass is 16.5. The van der Waals surface area contributed by atoms with Crippen molar-refractivity contribution in [3.05, 3.63) is 36.8 Å². The van der Waals surface area contributed by atoms with Gasteiger partial charge < -0.3 is 15.0 Å². The summed E-state index contributed by atoms with van der Waals surface area (Å²) in [5.41, 5.74) is 0.927. The zero-order valence-corrected chi connectivity index (χ0v) is 16.5. The zero-order valence-electron chi connectivity index (χ0n) is 16.5. The van der Waals surface area contributed by atoms with Crippen LogP contribution in [0.25, 0.3) is 11.4 Å². The number of rotatable bonds is 8. The summed E-state index contributed by atoms with van der Waals surface area (Å²) < 4.78 is 5.12. The van der Waals surface area contributed by atoms with Crippen molar-refractivity contribution < 1.29 is 9.53 Å². The Labute approximate surface area is 166 Å². The minimum Gasteiger partial charge on any atom is -0.450 e. The summed E-state index contributed by atoms with van der Waals surface area (Å²) in [6.07, 6.45) is 10.2. The standard InChI is InChI=1S/C21H29N5O2/c1-2-3-15-28-21(27)24-11-6-17-8-13-26(14-9-17)19-7-12-23-20(25-19)18-5-4-10-22-16-18/h4-5,7,10,12,16-17H,2-3,6,8-9,11,13-15H2,1H3,(H,24,27). The third-order valence-electron chi connectivity index (χ3n) is 5.05. The van der Waals surface area contributed by atoms with Gasteiger partial charge in [-0.25, -0.2) is 14.8 Å². The highest BCUT2D eigenvalue weighted by Crippen LogP contribution is 2.25. The van der Waals surface area contributed by atoms with E-state index in [0.29, 0.717) is 24.9 Å². The third kappa shape index (κ3) is 5.90. The molecule has 0 aromatic carbocycles. The average molecular weight is 383 g/mol. The van der Waals surface area contributed by atoms with Gasteiger partial charge in [-0.1, -0.05) is 13.3 Å². The first-order valence-corrected chi connectivity index (χ1v) is 10.1. The van der Waals surface area contributed by atoms with Gasteiger partial charge in [0, 0.05) is 43.8 Å². The number of nitrogens with zero attached hydrogens (tertiary/aromatic N) is 4. The minimum atomic E-state index is -0.296. The fraction of sp³-hybridized carbons (Fsp3) is 0.524. The van der Waals surface area contributed by atoms with Crippen LogP contribution in [-0.2, 0) is 4.74 Å². The molecular weight excluding hydrogens is 354 g/mol. The summed E-state index contributed by atoms with van der Waals surface area (Å²) in [4.78, 5) is 27.1. The Balaban J connectivity index is 1.42. The molecule has 1 aliphatic heterocycles. The lowest BCUT2D eigenvalue weighted by molar-refractivity contribution is 0.143. The van der Waals surface area contributed by atoms with Crippen LogP contribution in [0.2, 0.25) is 0 Å². The number of aromatic nitrogens is 3. The maximum atomic E-state index is 11.6. The molecule has 7 nitrogen and oxygen atoms in total. The molecule has 0 atom stereocenters. The van der Waals surface area contributed by atoms with Crippen LogP contribution < -0.4 is 10.2 Å². The lowest BCUT2D eigenvalue weighted by atomic mass is 9.93. The number of carbonyl (C=O) groups is 1. The molecule has 1 N–H and O–H groups in total.